The number of hydrazine groups is 1. The molecule has 2 rings (SSSR count). The number of hydrogen-bond donors (Lipinski definition) is 2. The van der Waals surface area contributed by atoms with E-state index < -0.39 is 11.8 Å². The van der Waals surface area contributed by atoms with Crippen molar-refractivity contribution in [2.24, 2.45) is 0 Å². The fourth-order valence-electron chi connectivity index (χ4n) is 2.17. The fourth-order valence-corrected chi connectivity index (χ4v) is 2.67. The number of ether oxygens (including phenoxy) is 1. The quantitative estimate of drug-likeness (QED) is 0.556. The second kappa shape index (κ2) is 9.37. The molecule has 2 aromatic carbocycles. The summed E-state index contributed by atoms with van der Waals surface area (Å²) in [5.41, 5.74) is 6.70. The van der Waals surface area contributed by atoms with E-state index in [0.29, 0.717) is 5.75 Å². The van der Waals surface area contributed by atoms with Crippen molar-refractivity contribution in [2.75, 3.05) is 6.61 Å². The number of rotatable bonds is 5. The average molecular weight is 431 g/mol. The Labute approximate surface area is 167 Å². The van der Waals surface area contributed by atoms with Gasteiger partial charge in [0.05, 0.1) is 4.47 Å². The van der Waals surface area contributed by atoms with Crippen LogP contribution in [-0.2, 0) is 15.0 Å². The summed E-state index contributed by atoms with van der Waals surface area (Å²) in [6, 6.07) is 15.2. The first-order chi connectivity index (χ1) is 12.8. The van der Waals surface area contributed by atoms with Gasteiger partial charge in [0.1, 0.15) is 5.75 Å². The molecule has 0 saturated heterocycles. The summed E-state index contributed by atoms with van der Waals surface area (Å²) < 4.78 is 6.28. The molecule has 0 aromatic heterocycles. The van der Waals surface area contributed by atoms with Crippen molar-refractivity contribution in [1.29, 1.82) is 0 Å². The maximum atomic E-state index is 11.8. The van der Waals surface area contributed by atoms with Crippen LogP contribution in [-0.4, -0.2) is 18.4 Å². The fraction of sp³-hybridized carbons (Fsp3) is 0.238. The number of nitrogens with one attached hydrogen (secondary N) is 2. The second-order valence-electron chi connectivity index (χ2n) is 6.97. The van der Waals surface area contributed by atoms with E-state index in [4.69, 9.17) is 4.74 Å². The van der Waals surface area contributed by atoms with Crippen LogP contribution in [0.25, 0.3) is 6.08 Å². The summed E-state index contributed by atoms with van der Waals surface area (Å²) in [4.78, 5) is 23.6. The Kier molecular flexibility index (Phi) is 7.19. The van der Waals surface area contributed by atoms with Crippen LogP contribution in [0.5, 0.6) is 5.75 Å². The normalized spacial score (nSPS) is 11.3. The predicted molar refractivity (Wildman–Crippen MR) is 110 cm³/mol. The van der Waals surface area contributed by atoms with Gasteiger partial charge >= 0.3 is 0 Å². The van der Waals surface area contributed by atoms with Gasteiger partial charge in [-0.2, -0.15) is 0 Å². The largest absolute Gasteiger partial charge is 0.483 e. The molecule has 0 atom stereocenters. The molecular formula is C21H23BrN2O3. The molecular weight excluding hydrogens is 408 g/mol. The Morgan fingerprint density at radius 1 is 1.07 bits per heavy atom. The minimum Gasteiger partial charge on any atom is -0.483 e. The molecule has 2 N–H and O–H groups in total. The van der Waals surface area contributed by atoms with E-state index in [1.807, 2.05) is 48.5 Å². The summed E-state index contributed by atoms with van der Waals surface area (Å²) in [6.07, 6.45) is 3.00. The van der Waals surface area contributed by atoms with E-state index in [0.717, 1.165) is 15.6 Å². The van der Waals surface area contributed by atoms with Crippen molar-refractivity contribution < 1.29 is 14.3 Å². The van der Waals surface area contributed by atoms with Crippen LogP contribution in [0.15, 0.2) is 59.1 Å². The number of hydrogen-bond acceptors (Lipinski definition) is 3. The topological polar surface area (TPSA) is 67.4 Å². The monoisotopic (exact) mass is 430 g/mol. The Hall–Kier alpha value is -2.60. The molecule has 0 aliphatic carbocycles. The first-order valence-corrected chi connectivity index (χ1v) is 9.30. The third-order valence-electron chi connectivity index (χ3n) is 3.71. The third kappa shape index (κ3) is 6.90. The third-order valence-corrected chi connectivity index (χ3v) is 4.33. The van der Waals surface area contributed by atoms with Crippen molar-refractivity contribution in [3.8, 4) is 5.75 Å². The molecule has 0 radical (unpaired) electrons. The summed E-state index contributed by atoms with van der Waals surface area (Å²) in [5, 5.41) is 0. The molecule has 0 aliphatic rings. The zero-order valence-corrected chi connectivity index (χ0v) is 17.2. The first-order valence-electron chi connectivity index (χ1n) is 8.50. The highest BCUT2D eigenvalue weighted by atomic mass is 79.9. The molecule has 0 aliphatic heterocycles. The van der Waals surface area contributed by atoms with E-state index in [-0.39, 0.29) is 12.0 Å². The zero-order chi connectivity index (χ0) is 19.9. The van der Waals surface area contributed by atoms with Gasteiger partial charge in [-0.05, 0) is 50.7 Å². The molecule has 2 amide bonds. The Morgan fingerprint density at radius 2 is 1.78 bits per heavy atom. The van der Waals surface area contributed by atoms with Crippen molar-refractivity contribution >= 4 is 33.8 Å². The lowest BCUT2D eigenvalue weighted by Crippen LogP contribution is -2.43. The first kappa shape index (κ1) is 20.7. The molecule has 5 nitrogen and oxygen atoms in total. The van der Waals surface area contributed by atoms with Crippen LogP contribution in [0.4, 0.5) is 0 Å². The van der Waals surface area contributed by atoms with Gasteiger partial charge in [0.2, 0.25) is 0 Å². The molecule has 142 valence electrons. The van der Waals surface area contributed by atoms with Gasteiger partial charge in [-0.1, -0.05) is 57.2 Å². The molecule has 0 heterocycles. The smallest absolute Gasteiger partial charge is 0.276 e. The van der Waals surface area contributed by atoms with Crippen LogP contribution in [0.2, 0.25) is 0 Å². The van der Waals surface area contributed by atoms with Crippen molar-refractivity contribution in [1.82, 2.24) is 10.9 Å². The van der Waals surface area contributed by atoms with Gasteiger partial charge in [-0.25, -0.2) is 0 Å². The van der Waals surface area contributed by atoms with E-state index in [1.165, 1.54) is 6.08 Å². The van der Waals surface area contributed by atoms with E-state index in [9.17, 15) is 9.59 Å². The zero-order valence-electron chi connectivity index (χ0n) is 15.6. The molecule has 2 aromatic rings. The molecule has 6 heteroatoms. The lowest BCUT2D eigenvalue weighted by atomic mass is 9.87. The van der Waals surface area contributed by atoms with E-state index in [1.54, 1.807) is 6.08 Å². The number of halogens is 1. The molecule has 0 unspecified atom stereocenters. The predicted octanol–water partition coefficient (Wildman–Crippen LogP) is 3.99. The second-order valence-corrected chi connectivity index (χ2v) is 7.82. The van der Waals surface area contributed by atoms with E-state index >= 15 is 0 Å². The van der Waals surface area contributed by atoms with Gasteiger partial charge < -0.3 is 4.74 Å². The van der Waals surface area contributed by atoms with E-state index in [2.05, 4.69) is 47.6 Å². The van der Waals surface area contributed by atoms with Crippen LogP contribution in [0.3, 0.4) is 0 Å². The number of amides is 2. The highest BCUT2D eigenvalue weighted by Gasteiger charge is 2.15. The van der Waals surface area contributed by atoms with Crippen LogP contribution >= 0.6 is 15.9 Å². The number of carbonyl (C=O) groups is 2. The van der Waals surface area contributed by atoms with Gasteiger partial charge in [0, 0.05) is 6.08 Å². The van der Waals surface area contributed by atoms with Crippen LogP contribution < -0.4 is 15.6 Å². The Balaban J connectivity index is 1.79. The molecule has 27 heavy (non-hydrogen) atoms. The van der Waals surface area contributed by atoms with Gasteiger partial charge in [0.25, 0.3) is 11.8 Å². The highest BCUT2D eigenvalue weighted by molar-refractivity contribution is 9.10. The lowest BCUT2D eigenvalue weighted by Gasteiger charge is -2.20. The SMILES string of the molecule is CC(C)(C)c1ccc(OCC(=O)NNC(=O)/C=C\c2ccccc2)c(Br)c1. The molecule has 0 fully saturated rings. The summed E-state index contributed by atoms with van der Waals surface area (Å²) in [7, 11) is 0. The van der Waals surface area contributed by atoms with Gasteiger partial charge in [-0.3, -0.25) is 20.4 Å². The van der Waals surface area contributed by atoms with Crippen molar-refractivity contribution in [2.45, 2.75) is 26.2 Å². The number of carbonyl (C=O) groups excluding carboxylic acids is 2. The van der Waals surface area contributed by atoms with Crippen LogP contribution in [0.1, 0.15) is 31.9 Å². The van der Waals surface area contributed by atoms with Crippen molar-refractivity contribution in [3.05, 3.63) is 70.2 Å². The average Bonchev–Trinajstić information content (AvgIpc) is 2.63. The van der Waals surface area contributed by atoms with Crippen molar-refractivity contribution in [3.63, 3.8) is 0 Å². The molecule has 0 spiro atoms. The highest BCUT2D eigenvalue weighted by Crippen LogP contribution is 2.31. The van der Waals surface area contributed by atoms with Crippen LogP contribution in [0, 0.1) is 0 Å². The standard InChI is InChI=1S/C21H23BrN2O3/c1-21(2,3)16-10-11-18(17(22)13-16)27-14-20(26)24-23-19(25)12-9-15-7-5-4-6-8-15/h4-13H,14H2,1-3H3,(H,23,25)(H,24,26)/b12-9-. The maximum Gasteiger partial charge on any atom is 0.276 e. The molecule has 0 bridgehead atoms. The number of benzene rings is 2. The minimum absolute atomic E-state index is 0.0238. The molecule has 0 saturated carbocycles. The van der Waals surface area contributed by atoms with Gasteiger partial charge in [0.15, 0.2) is 6.61 Å². The Bertz CT molecular complexity index is 827. The Morgan fingerprint density at radius 3 is 2.41 bits per heavy atom. The maximum absolute atomic E-state index is 11.8. The summed E-state index contributed by atoms with van der Waals surface area (Å²) in [5.74, 6) is -0.320. The summed E-state index contributed by atoms with van der Waals surface area (Å²) >= 11 is 3.46. The van der Waals surface area contributed by atoms with Gasteiger partial charge in [-0.15, -0.1) is 0 Å². The minimum atomic E-state index is -0.455. The summed E-state index contributed by atoms with van der Waals surface area (Å²) in [6.45, 7) is 6.16. The lowest BCUT2D eigenvalue weighted by molar-refractivity contribution is -0.128.